The van der Waals surface area contributed by atoms with E-state index in [1.807, 2.05) is 36.4 Å². The number of fused-ring (bicyclic) bond motifs is 2. The Kier molecular flexibility index (Phi) is 4.06. The van der Waals surface area contributed by atoms with Gasteiger partial charge in [0.15, 0.2) is 11.5 Å². The summed E-state index contributed by atoms with van der Waals surface area (Å²) in [6, 6.07) is 11.4. The molecule has 0 aromatic heterocycles. The molecule has 0 saturated carbocycles. The van der Waals surface area contributed by atoms with E-state index in [1.165, 1.54) is 11.8 Å². The number of benzene rings is 2. The van der Waals surface area contributed by atoms with Gasteiger partial charge in [0.2, 0.25) is 5.91 Å². The zero-order chi connectivity index (χ0) is 17.8. The minimum atomic E-state index is -0.705. The van der Waals surface area contributed by atoms with Crippen LogP contribution in [-0.2, 0) is 16.2 Å². The van der Waals surface area contributed by atoms with Gasteiger partial charge in [-0.15, -0.1) is 11.6 Å². The first-order valence-electron chi connectivity index (χ1n) is 7.67. The number of alkyl halides is 1. The summed E-state index contributed by atoms with van der Waals surface area (Å²) >= 11 is 14.5. The third kappa shape index (κ3) is 2.26. The molecule has 0 N–H and O–H groups in total. The van der Waals surface area contributed by atoms with Crippen LogP contribution in [0, 0.1) is 0 Å². The van der Waals surface area contributed by atoms with Crippen molar-refractivity contribution in [3.63, 3.8) is 0 Å². The predicted octanol–water partition coefficient (Wildman–Crippen LogP) is 4.27. The molecule has 2 aliphatic rings. The average Bonchev–Trinajstić information content (AvgIpc) is 2.65. The van der Waals surface area contributed by atoms with E-state index in [0.717, 1.165) is 16.0 Å². The van der Waals surface area contributed by atoms with E-state index in [4.69, 9.17) is 32.7 Å². The van der Waals surface area contributed by atoms with E-state index in [2.05, 4.69) is 0 Å². The normalized spacial score (nSPS) is 24.2. The molecule has 4 nitrogen and oxygen atoms in total. The molecular weight excluding hydrogens is 381 g/mol. The van der Waals surface area contributed by atoms with Crippen LogP contribution in [0.4, 0.5) is 0 Å². The van der Waals surface area contributed by atoms with Crippen molar-refractivity contribution in [3.8, 4) is 11.5 Å². The van der Waals surface area contributed by atoms with Crippen LogP contribution in [0.2, 0.25) is 5.02 Å². The summed E-state index contributed by atoms with van der Waals surface area (Å²) in [5.74, 6) is 1.20. The van der Waals surface area contributed by atoms with E-state index < -0.39 is 10.2 Å². The molecule has 0 spiro atoms. The molecule has 1 amide bonds. The Balaban J connectivity index is 1.87. The van der Waals surface area contributed by atoms with Crippen LogP contribution in [0.1, 0.15) is 11.1 Å². The number of carbonyl (C=O) groups is 1. The number of amides is 1. The zero-order valence-corrected chi connectivity index (χ0v) is 15.9. The molecule has 1 saturated heterocycles. The summed E-state index contributed by atoms with van der Waals surface area (Å²) in [5, 5.41) is -0.0688. The van der Waals surface area contributed by atoms with Crippen LogP contribution in [-0.4, -0.2) is 30.4 Å². The van der Waals surface area contributed by atoms with Gasteiger partial charge >= 0.3 is 0 Å². The molecule has 2 aromatic carbocycles. The highest BCUT2D eigenvalue weighted by atomic mass is 35.5. The molecule has 0 bridgehead atoms. The summed E-state index contributed by atoms with van der Waals surface area (Å²) in [6.07, 6.45) is 0. The second kappa shape index (κ2) is 6.01. The fourth-order valence-corrected chi connectivity index (χ4v) is 5.72. The van der Waals surface area contributed by atoms with Gasteiger partial charge in [0.1, 0.15) is 10.2 Å². The number of methoxy groups -OCH3 is 2. The Hall–Kier alpha value is -1.56. The fraction of sp³-hybridized carbons (Fsp3) is 0.278. The van der Waals surface area contributed by atoms with Crippen LogP contribution >= 0.6 is 35.0 Å². The third-order valence-corrected chi connectivity index (χ3v) is 7.20. The lowest BCUT2D eigenvalue weighted by atomic mass is 9.90. The van der Waals surface area contributed by atoms with Gasteiger partial charge in [0, 0.05) is 22.0 Å². The molecule has 0 radical (unpaired) electrons. The first-order chi connectivity index (χ1) is 12.0. The number of rotatable bonds is 3. The number of β-lactam (4-membered cyclic amide) rings is 1. The number of thioether (sulfide) groups is 1. The number of halogens is 2. The van der Waals surface area contributed by atoms with Crippen molar-refractivity contribution in [1.82, 2.24) is 4.90 Å². The van der Waals surface area contributed by atoms with Crippen molar-refractivity contribution in [2.45, 2.75) is 21.7 Å². The van der Waals surface area contributed by atoms with Gasteiger partial charge < -0.3 is 14.4 Å². The van der Waals surface area contributed by atoms with Crippen LogP contribution in [0.3, 0.4) is 0 Å². The van der Waals surface area contributed by atoms with Crippen molar-refractivity contribution in [2.24, 2.45) is 0 Å². The fourth-order valence-electron chi connectivity index (χ4n) is 3.39. The molecular formula is C18H15Cl2NO3S. The molecule has 0 aliphatic carbocycles. The first-order valence-corrected chi connectivity index (χ1v) is 9.30. The number of ether oxygens (including phenoxy) is 2. The van der Waals surface area contributed by atoms with Crippen molar-refractivity contribution >= 4 is 40.9 Å². The Morgan fingerprint density at radius 3 is 2.56 bits per heavy atom. The molecule has 2 atom stereocenters. The lowest BCUT2D eigenvalue weighted by Gasteiger charge is -2.57. The Labute approximate surface area is 160 Å². The molecule has 7 heteroatoms. The monoisotopic (exact) mass is 395 g/mol. The lowest BCUT2D eigenvalue weighted by Crippen LogP contribution is -2.68. The van der Waals surface area contributed by atoms with E-state index in [-0.39, 0.29) is 5.91 Å². The minimum Gasteiger partial charge on any atom is -0.493 e. The maximum atomic E-state index is 12.5. The number of nitrogens with zero attached hydrogens (tertiary/aromatic N) is 1. The lowest BCUT2D eigenvalue weighted by molar-refractivity contribution is -0.149. The smallest absolute Gasteiger partial charge is 0.246 e. The van der Waals surface area contributed by atoms with E-state index in [0.29, 0.717) is 23.1 Å². The van der Waals surface area contributed by atoms with Gasteiger partial charge in [-0.1, -0.05) is 41.6 Å². The standard InChI is InChI=1S/C18H15Cl2NO3S/c1-23-13-7-10-9-21-17(22)16(20)18(21,11-5-3-4-6-12(11)19)25-15(10)8-14(13)24-2/h3-8,16H,9H2,1-2H3/t16-,18+/m1/s1. The molecule has 25 heavy (non-hydrogen) atoms. The number of hydrogen-bond acceptors (Lipinski definition) is 4. The summed E-state index contributed by atoms with van der Waals surface area (Å²) in [7, 11) is 3.20. The second-order valence-electron chi connectivity index (χ2n) is 5.88. The molecule has 0 unspecified atom stereocenters. The molecule has 2 heterocycles. The molecule has 2 aromatic rings. The quantitative estimate of drug-likeness (QED) is 0.574. The molecule has 130 valence electrons. The van der Waals surface area contributed by atoms with Crippen molar-refractivity contribution in [1.29, 1.82) is 0 Å². The van der Waals surface area contributed by atoms with Crippen molar-refractivity contribution in [2.75, 3.05) is 14.2 Å². The second-order valence-corrected chi connectivity index (χ2v) is 7.99. The summed E-state index contributed by atoms with van der Waals surface area (Å²) < 4.78 is 10.8. The summed E-state index contributed by atoms with van der Waals surface area (Å²) in [4.78, 5) is 14.5. The Morgan fingerprint density at radius 1 is 1.20 bits per heavy atom. The van der Waals surface area contributed by atoms with Crippen LogP contribution < -0.4 is 9.47 Å². The van der Waals surface area contributed by atoms with Gasteiger partial charge in [-0.2, -0.15) is 0 Å². The average molecular weight is 396 g/mol. The third-order valence-electron chi connectivity index (χ3n) is 4.65. The predicted molar refractivity (Wildman–Crippen MR) is 98.7 cm³/mol. The van der Waals surface area contributed by atoms with E-state index in [9.17, 15) is 4.79 Å². The maximum Gasteiger partial charge on any atom is 0.246 e. The van der Waals surface area contributed by atoms with Gasteiger partial charge in [0.05, 0.1) is 14.2 Å². The highest BCUT2D eigenvalue weighted by Crippen LogP contribution is 2.61. The molecule has 1 fully saturated rings. The van der Waals surface area contributed by atoms with Gasteiger partial charge in [-0.05, 0) is 23.8 Å². The number of carbonyl (C=O) groups excluding carboxylic acids is 1. The largest absolute Gasteiger partial charge is 0.493 e. The molecule has 4 rings (SSSR count). The topological polar surface area (TPSA) is 38.8 Å². The Bertz CT molecular complexity index is 875. The van der Waals surface area contributed by atoms with E-state index >= 15 is 0 Å². The van der Waals surface area contributed by atoms with Crippen LogP contribution in [0.25, 0.3) is 0 Å². The van der Waals surface area contributed by atoms with E-state index in [1.54, 1.807) is 19.1 Å². The van der Waals surface area contributed by atoms with Crippen molar-refractivity contribution < 1.29 is 14.3 Å². The van der Waals surface area contributed by atoms with Crippen LogP contribution in [0.15, 0.2) is 41.3 Å². The zero-order valence-electron chi connectivity index (χ0n) is 13.6. The highest BCUT2D eigenvalue weighted by Gasteiger charge is 2.63. The summed E-state index contributed by atoms with van der Waals surface area (Å²) in [5.41, 5.74) is 1.85. The maximum absolute atomic E-state index is 12.5. The summed E-state index contributed by atoms with van der Waals surface area (Å²) in [6.45, 7) is 0.454. The van der Waals surface area contributed by atoms with Gasteiger partial charge in [-0.3, -0.25) is 4.79 Å². The van der Waals surface area contributed by atoms with Gasteiger partial charge in [0.25, 0.3) is 0 Å². The number of hydrogen-bond donors (Lipinski definition) is 0. The van der Waals surface area contributed by atoms with Crippen LogP contribution in [0.5, 0.6) is 11.5 Å². The SMILES string of the molecule is COc1cc2c(cc1OC)S[C@@]1(c3ccccc3Cl)[C@H](Cl)C(=O)N1C2. The van der Waals surface area contributed by atoms with Gasteiger partial charge in [-0.25, -0.2) is 0 Å². The van der Waals surface area contributed by atoms with Crippen molar-refractivity contribution in [3.05, 3.63) is 52.5 Å². The molecule has 2 aliphatic heterocycles. The first kappa shape index (κ1) is 16.9. The Morgan fingerprint density at radius 2 is 1.88 bits per heavy atom. The minimum absolute atomic E-state index is 0.0884. The highest BCUT2D eigenvalue weighted by molar-refractivity contribution is 8.00.